The Balaban J connectivity index is 1.97. The monoisotopic (exact) mass is 271 g/mol. The van der Waals surface area contributed by atoms with Gasteiger partial charge in [-0.3, -0.25) is 14.5 Å². The summed E-state index contributed by atoms with van der Waals surface area (Å²) in [6.07, 6.45) is 3.02. The second-order valence-electron chi connectivity index (χ2n) is 5.10. The minimum absolute atomic E-state index is 0.0674. The van der Waals surface area contributed by atoms with Crippen LogP contribution in [0.1, 0.15) is 32.6 Å². The van der Waals surface area contributed by atoms with Gasteiger partial charge in [0, 0.05) is 19.6 Å². The molecule has 1 rings (SSSR count). The molecule has 5 heteroatoms. The third-order valence-electron chi connectivity index (χ3n) is 3.03. The lowest BCUT2D eigenvalue weighted by Gasteiger charge is -2.15. The number of carbonyl (C=O) groups excluding carboxylic acids is 2. The number of hydrogen-bond acceptors (Lipinski definition) is 5. The van der Waals surface area contributed by atoms with Gasteiger partial charge in [0.25, 0.3) is 0 Å². The van der Waals surface area contributed by atoms with Crippen LogP contribution >= 0.6 is 0 Å². The normalized spacial score (nSPS) is 14.7. The number of likely N-dealkylation sites (N-methyl/N-ethyl adjacent to an activating group) is 1. The van der Waals surface area contributed by atoms with E-state index in [9.17, 15) is 9.59 Å². The molecule has 0 radical (unpaired) electrons. The van der Waals surface area contributed by atoms with Gasteiger partial charge in [-0.05, 0) is 32.7 Å². The first kappa shape index (κ1) is 16.1. The van der Waals surface area contributed by atoms with Crippen molar-refractivity contribution in [3.63, 3.8) is 0 Å². The van der Waals surface area contributed by atoms with Crippen LogP contribution in [0.15, 0.2) is 0 Å². The largest absolute Gasteiger partial charge is 0.466 e. The molecular formula is C14H25NO4. The van der Waals surface area contributed by atoms with Gasteiger partial charge >= 0.3 is 5.97 Å². The fourth-order valence-corrected chi connectivity index (χ4v) is 1.69. The first-order valence-electron chi connectivity index (χ1n) is 7.05. The lowest BCUT2D eigenvalue weighted by atomic mass is 10.2. The number of esters is 1. The number of hydrogen-bond donors (Lipinski definition) is 0. The third kappa shape index (κ3) is 8.72. The van der Waals surface area contributed by atoms with E-state index in [-0.39, 0.29) is 24.6 Å². The van der Waals surface area contributed by atoms with Gasteiger partial charge in [0.2, 0.25) is 0 Å². The molecule has 5 nitrogen and oxygen atoms in total. The van der Waals surface area contributed by atoms with Crippen LogP contribution in [0.5, 0.6) is 0 Å². The highest BCUT2D eigenvalue weighted by atomic mass is 16.5. The van der Waals surface area contributed by atoms with Gasteiger partial charge in [0.15, 0.2) is 0 Å². The molecule has 19 heavy (non-hydrogen) atoms. The number of ether oxygens (including phenoxy) is 2. The van der Waals surface area contributed by atoms with Gasteiger partial charge in [-0.2, -0.15) is 0 Å². The lowest BCUT2D eigenvalue weighted by Crippen LogP contribution is -2.29. The van der Waals surface area contributed by atoms with E-state index in [1.165, 1.54) is 12.8 Å². The van der Waals surface area contributed by atoms with E-state index >= 15 is 0 Å². The Morgan fingerprint density at radius 1 is 1.26 bits per heavy atom. The molecule has 1 aliphatic carbocycles. The molecule has 0 aromatic heterocycles. The molecule has 0 saturated heterocycles. The quantitative estimate of drug-likeness (QED) is 0.418. The van der Waals surface area contributed by atoms with Crippen LogP contribution < -0.4 is 0 Å². The molecule has 0 amide bonds. The summed E-state index contributed by atoms with van der Waals surface area (Å²) in [5.41, 5.74) is 0. The maximum absolute atomic E-state index is 11.6. The lowest BCUT2D eigenvalue weighted by molar-refractivity contribution is -0.144. The van der Waals surface area contributed by atoms with Crippen molar-refractivity contribution in [2.75, 3.05) is 40.0 Å². The highest BCUT2D eigenvalue weighted by Gasteiger charge is 2.21. The standard InChI is InChI=1S/C14H25NO4/c1-3-19-14(17)7-6-13(16)10-15(2)8-9-18-11-12-4-5-12/h12H,3-11H2,1-2H3. The predicted molar refractivity (Wildman–Crippen MR) is 71.9 cm³/mol. The summed E-state index contributed by atoms with van der Waals surface area (Å²) in [7, 11) is 1.89. The Morgan fingerprint density at radius 2 is 2.00 bits per heavy atom. The average Bonchev–Trinajstić information content (AvgIpc) is 3.16. The predicted octanol–water partition coefficient (Wildman–Crippen LogP) is 1.26. The first-order valence-corrected chi connectivity index (χ1v) is 7.05. The van der Waals surface area contributed by atoms with Crippen molar-refractivity contribution in [3.05, 3.63) is 0 Å². The van der Waals surface area contributed by atoms with Gasteiger partial charge in [-0.1, -0.05) is 0 Å². The zero-order chi connectivity index (χ0) is 14.1. The van der Waals surface area contributed by atoms with Gasteiger partial charge in [-0.25, -0.2) is 0 Å². The van der Waals surface area contributed by atoms with Crippen molar-refractivity contribution in [1.82, 2.24) is 4.90 Å². The average molecular weight is 271 g/mol. The van der Waals surface area contributed by atoms with Crippen molar-refractivity contribution < 1.29 is 19.1 Å². The number of ketones is 1. The van der Waals surface area contributed by atoms with Gasteiger partial charge in [0.1, 0.15) is 5.78 Å². The molecule has 0 N–H and O–H groups in total. The Bertz CT molecular complexity index is 289. The number of rotatable bonds is 11. The van der Waals surface area contributed by atoms with E-state index in [0.29, 0.717) is 19.8 Å². The SMILES string of the molecule is CCOC(=O)CCC(=O)CN(C)CCOCC1CC1. The van der Waals surface area contributed by atoms with E-state index < -0.39 is 0 Å². The molecule has 0 aromatic carbocycles. The van der Waals surface area contributed by atoms with E-state index in [2.05, 4.69) is 0 Å². The maximum atomic E-state index is 11.6. The molecule has 0 aliphatic heterocycles. The number of carbonyl (C=O) groups is 2. The highest BCUT2D eigenvalue weighted by molar-refractivity contribution is 5.84. The van der Waals surface area contributed by atoms with Crippen LogP contribution in [0, 0.1) is 5.92 Å². The minimum atomic E-state index is -0.300. The molecule has 1 aliphatic rings. The summed E-state index contributed by atoms with van der Waals surface area (Å²) in [4.78, 5) is 24.7. The van der Waals surface area contributed by atoms with Crippen LogP contribution in [0.4, 0.5) is 0 Å². The van der Waals surface area contributed by atoms with Crippen LogP contribution in [0.3, 0.4) is 0 Å². The summed E-state index contributed by atoms with van der Waals surface area (Å²) in [6, 6.07) is 0. The molecule has 0 heterocycles. The molecular weight excluding hydrogens is 246 g/mol. The van der Waals surface area contributed by atoms with Crippen LogP contribution in [0.25, 0.3) is 0 Å². The van der Waals surface area contributed by atoms with Crippen LogP contribution in [-0.2, 0) is 19.1 Å². The van der Waals surface area contributed by atoms with E-state index in [1.54, 1.807) is 6.92 Å². The minimum Gasteiger partial charge on any atom is -0.466 e. The highest BCUT2D eigenvalue weighted by Crippen LogP contribution is 2.28. The van der Waals surface area contributed by atoms with Crippen LogP contribution in [0.2, 0.25) is 0 Å². The second-order valence-corrected chi connectivity index (χ2v) is 5.10. The Hall–Kier alpha value is -0.940. The smallest absolute Gasteiger partial charge is 0.306 e. The van der Waals surface area contributed by atoms with Gasteiger partial charge in [-0.15, -0.1) is 0 Å². The van der Waals surface area contributed by atoms with Gasteiger partial charge < -0.3 is 9.47 Å². The summed E-state index contributed by atoms with van der Waals surface area (Å²) in [5.74, 6) is 0.542. The zero-order valence-electron chi connectivity index (χ0n) is 12.0. The zero-order valence-corrected chi connectivity index (χ0v) is 12.0. The number of Topliss-reactive ketones (excluding diaryl/α,β-unsaturated/α-hetero) is 1. The fraction of sp³-hybridized carbons (Fsp3) is 0.857. The molecule has 0 atom stereocenters. The summed E-state index contributed by atoms with van der Waals surface area (Å²) < 4.78 is 10.3. The third-order valence-corrected chi connectivity index (χ3v) is 3.03. The molecule has 0 spiro atoms. The molecule has 1 fully saturated rings. The van der Waals surface area contributed by atoms with Crippen molar-refractivity contribution in [1.29, 1.82) is 0 Å². The van der Waals surface area contributed by atoms with Crippen molar-refractivity contribution in [2.45, 2.75) is 32.6 Å². The second kappa shape index (κ2) is 9.04. The summed E-state index contributed by atoms with van der Waals surface area (Å²) >= 11 is 0. The summed E-state index contributed by atoms with van der Waals surface area (Å²) in [6.45, 7) is 4.76. The topological polar surface area (TPSA) is 55.8 Å². The maximum Gasteiger partial charge on any atom is 0.306 e. The number of nitrogens with zero attached hydrogens (tertiary/aromatic N) is 1. The van der Waals surface area contributed by atoms with Crippen LogP contribution in [-0.4, -0.2) is 56.6 Å². The molecule has 0 aromatic rings. The Kier molecular flexibility index (Phi) is 7.67. The summed E-state index contributed by atoms with van der Waals surface area (Å²) in [5, 5.41) is 0. The van der Waals surface area contributed by atoms with Crippen molar-refractivity contribution in [3.8, 4) is 0 Å². The van der Waals surface area contributed by atoms with Crippen molar-refractivity contribution in [2.24, 2.45) is 5.92 Å². The van der Waals surface area contributed by atoms with E-state index in [1.807, 2.05) is 11.9 Å². The fourth-order valence-electron chi connectivity index (χ4n) is 1.69. The molecule has 110 valence electrons. The van der Waals surface area contributed by atoms with E-state index in [4.69, 9.17) is 9.47 Å². The molecule has 0 unspecified atom stereocenters. The van der Waals surface area contributed by atoms with E-state index in [0.717, 1.165) is 19.1 Å². The molecule has 0 bridgehead atoms. The molecule has 1 saturated carbocycles. The Labute approximate surface area is 115 Å². The van der Waals surface area contributed by atoms with Crippen molar-refractivity contribution >= 4 is 11.8 Å². The first-order chi connectivity index (χ1) is 9.11. The van der Waals surface area contributed by atoms with Gasteiger partial charge in [0.05, 0.1) is 26.2 Å². The Morgan fingerprint density at radius 3 is 2.63 bits per heavy atom.